The van der Waals surface area contributed by atoms with Crippen LogP contribution in [-0.4, -0.2) is 53.4 Å². The summed E-state index contributed by atoms with van der Waals surface area (Å²) in [6.07, 6.45) is 4.01. The zero-order valence-electron chi connectivity index (χ0n) is 17.9. The van der Waals surface area contributed by atoms with Gasteiger partial charge in [-0.1, -0.05) is 12.8 Å². The zero-order valence-corrected chi connectivity index (χ0v) is 17.9. The van der Waals surface area contributed by atoms with Crippen LogP contribution in [0.25, 0.3) is 0 Å². The third-order valence-corrected chi connectivity index (χ3v) is 6.06. The summed E-state index contributed by atoms with van der Waals surface area (Å²) >= 11 is 0. The highest BCUT2D eigenvalue weighted by Crippen LogP contribution is 2.34. The standard InChI is InChI=1S/C22H26N4O5/c1-22(21(29)23-14-6-4-5-7-14)13-25-18(12-17(24-25)20(28)31-3)19(27)26(22)15-8-10-16(30-2)11-9-15/h8-12,14H,4-7,13H2,1-3H3,(H,23,29)/t22-/m0/s1. The molecule has 1 aliphatic carbocycles. The van der Waals surface area contributed by atoms with Gasteiger partial charge >= 0.3 is 5.97 Å². The number of nitrogens with one attached hydrogen (secondary N) is 1. The molecule has 2 heterocycles. The Balaban J connectivity index is 1.76. The number of nitrogens with zero attached hydrogens (tertiary/aromatic N) is 3. The number of ether oxygens (including phenoxy) is 2. The summed E-state index contributed by atoms with van der Waals surface area (Å²) in [5.74, 6) is -0.654. The van der Waals surface area contributed by atoms with E-state index in [2.05, 4.69) is 10.4 Å². The van der Waals surface area contributed by atoms with Gasteiger partial charge in [0.15, 0.2) is 5.69 Å². The van der Waals surface area contributed by atoms with Gasteiger partial charge < -0.3 is 14.8 Å². The maximum absolute atomic E-state index is 13.6. The van der Waals surface area contributed by atoms with E-state index in [1.165, 1.54) is 22.8 Å². The van der Waals surface area contributed by atoms with Crippen LogP contribution in [0.5, 0.6) is 5.75 Å². The fourth-order valence-electron chi connectivity index (χ4n) is 4.33. The maximum Gasteiger partial charge on any atom is 0.358 e. The van der Waals surface area contributed by atoms with Crippen molar-refractivity contribution in [3.05, 3.63) is 41.7 Å². The van der Waals surface area contributed by atoms with Crippen LogP contribution in [-0.2, 0) is 16.1 Å². The Morgan fingerprint density at radius 2 is 1.84 bits per heavy atom. The molecule has 164 valence electrons. The Labute approximate surface area is 180 Å². The predicted octanol–water partition coefficient (Wildman–Crippen LogP) is 2.16. The summed E-state index contributed by atoms with van der Waals surface area (Å²) in [7, 11) is 2.82. The van der Waals surface area contributed by atoms with E-state index in [0.717, 1.165) is 25.7 Å². The predicted molar refractivity (Wildman–Crippen MR) is 112 cm³/mol. The Bertz CT molecular complexity index is 1010. The Kier molecular flexibility index (Phi) is 5.43. The smallest absolute Gasteiger partial charge is 0.358 e. The summed E-state index contributed by atoms with van der Waals surface area (Å²) < 4.78 is 11.4. The van der Waals surface area contributed by atoms with E-state index in [-0.39, 0.29) is 29.9 Å². The topological polar surface area (TPSA) is 103 Å². The fraction of sp³-hybridized carbons (Fsp3) is 0.455. The number of benzene rings is 1. The number of carbonyl (C=O) groups excluding carboxylic acids is 3. The number of aromatic nitrogens is 2. The van der Waals surface area contributed by atoms with Crippen LogP contribution in [0, 0.1) is 0 Å². The van der Waals surface area contributed by atoms with Crippen LogP contribution in [0.2, 0.25) is 0 Å². The maximum atomic E-state index is 13.6. The van der Waals surface area contributed by atoms with Crippen LogP contribution in [0.3, 0.4) is 0 Å². The fourth-order valence-corrected chi connectivity index (χ4v) is 4.33. The average Bonchev–Trinajstić information content (AvgIpc) is 3.43. The second-order valence-electron chi connectivity index (χ2n) is 8.13. The lowest BCUT2D eigenvalue weighted by molar-refractivity contribution is -0.127. The van der Waals surface area contributed by atoms with Gasteiger partial charge in [-0.15, -0.1) is 0 Å². The lowest BCUT2D eigenvalue weighted by Crippen LogP contribution is -2.65. The van der Waals surface area contributed by atoms with Gasteiger partial charge in [-0.3, -0.25) is 19.2 Å². The van der Waals surface area contributed by atoms with Crippen molar-refractivity contribution in [1.82, 2.24) is 15.1 Å². The van der Waals surface area contributed by atoms with Crippen molar-refractivity contribution in [2.75, 3.05) is 19.1 Å². The molecule has 2 aromatic rings. The molecule has 9 heteroatoms. The number of hydrogen-bond donors (Lipinski definition) is 1. The molecule has 2 aliphatic rings. The van der Waals surface area contributed by atoms with Crippen LogP contribution >= 0.6 is 0 Å². The Morgan fingerprint density at radius 1 is 1.16 bits per heavy atom. The van der Waals surface area contributed by atoms with Crippen LogP contribution in [0.1, 0.15) is 53.6 Å². The second kappa shape index (κ2) is 8.05. The summed E-state index contributed by atoms with van der Waals surface area (Å²) in [5, 5.41) is 7.34. The Hall–Kier alpha value is -3.36. The number of anilines is 1. The first-order valence-electron chi connectivity index (χ1n) is 10.3. The van der Waals surface area contributed by atoms with Crippen molar-refractivity contribution in [3.63, 3.8) is 0 Å². The van der Waals surface area contributed by atoms with Crippen LogP contribution in [0.15, 0.2) is 30.3 Å². The SMILES string of the molecule is COC(=O)c1cc2n(n1)C[C@@](C)(C(=O)NC1CCCC1)N(c1ccc(OC)cc1)C2=O. The molecular formula is C22H26N4O5. The quantitative estimate of drug-likeness (QED) is 0.735. The molecule has 0 saturated heterocycles. The molecule has 1 N–H and O–H groups in total. The van der Waals surface area contributed by atoms with Gasteiger partial charge in [0.2, 0.25) is 5.91 Å². The molecule has 1 fully saturated rings. The number of fused-ring (bicyclic) bond motifs is 1. The van der Waals surface area contributed by atoms with Crippen molar-refractivity contribution < 1.29 is 23.9 Å². The minimum Gasteiger partial charge on any atom is -0.497 e. The Morgan fingerprint density at radius 3 is 2.45 bits per heavy atom. The lowest BCUT2D eigenvalue weighted by Gasteiger charge is -2.43. The van der Waals surface area contributed by atoms with Crippen molar-refractivity contribution in [1.29, 1.82) is 0 Å². The summed E-state index contributed by atoms with van der Waals surface area (Å²) in [6.45, 7) is 1.83. The highest BCUT2D eigenvalue weighted by Gasteiger charge is 2.49. The molecule has 1 atom stereocenters. The molecule has 1 aliphatic heterocycles. The highest BCUT2D eigenvalue weighted by molar-refractivity contribution is 6.12. The van der Waals surface area contributed by atoms with E-state index in [9.17, 15) is 14.4 Å². The highest BCUT2D eigenvalue weighted by atomic mass is 16.5. The molecule has 2 amide bonds. The van der Waals surface area contributed by atoms with E-state index in [1.54, 1.807) is 38.3 Å². The number of hydrogen-bond acceptors (Lipinski definition) is 6. The minimum absolute atomic E-state index is 0.0287. The molecule has 1 aromatic carbocycles. The van der Waals surface area contributed by atoms with Gasteiger partial charge in [-0.05, 0) is 44.0 Å². The van der Waals surface area contributed by atoms with Crippen LogP contribution in [0.4, 0.5) is 5.69 Å². The van der Waals surface area contributed by atoms with E-state index in [4.69, 9.17) is 9.47 Å². The largest absolute Gasteiger partial charge is 0.497 e. The van der Waals surface area contributed by atoms with Gasteiger partial charge in [0, 0.05) is 17.8 Å². The molecule has 31 heavy (non-hydrogen) atoms. The molecule has 1 aromatic heterocycles. The number of amides is 2. The van der Waals surface area contributed by atoms with Gasteiger partial charge in [-0.2, -0.15) is 5.10 Å². The van der Waals surface area contributed by atoms with Crippen molar-refractivity contribution in [2.45, 2.75) is 50.7 Å². The van der Waals surface area contributed by atoms with Gasteiger partial charge in [0.05, 0.1) is 20.8 Å². The number of methoxy groups -OCH3 is 2. The van der Waals surface area contributed by atoms with Crippen LogP contribution < -0.4 is 15.0 Å². The average molecular weight is 426 g/mol. The lowest BCUT2D eigenvalue weighted by atomic mass is 9.93. The summed E-state index contributed by atoms with van der Waals surface area (Å²) in [6, 6.07) is 8.46. The van der Waals surface area contributed by atoms with Gasteiger partial charge in [-0.25, -0.2) is 4.79 Å². The van der Waals surface area contributed by atoms with E-state index >= 15 is 0 Å². The number of esters is 1. The van der Waals surface area contributed by atoms with E-state index in [0.29, 0.717) is 11.4 Å². The van der Waals surface area contributed by atoms with Gasteiger partial charge in [0.25, 0.3) is 5.91 Å². The van der Waals surface area contributed by atoms with Gasteiger partial charge in [0.1, 0.15) is 17.0 Å². The normalized spacial score (nSPS) is 21.0. The van der Waals surface area contributed by atoms with E-state index in [1.807, 2.05) is 0 Å². The van der Waals surface area contributed by atoms with E-state index < -0.39 is 17.4 Å². The number of carbonyl (C=O) groups is 3. The molecule has 0 radical (unpaired) electrons. The third kappa shape index (κ3) is 3.64. The van der Waals surface area contributed by atoms with Crippen molar-refractivity contribution in [3.8, 4) is 5.75 Å². The third-order valence-electron chi connectivity index (χ3n) is 6.06. The number of rotatable bonds is 5. The first kappa shape index (κ1) is 20.9. The van der Waals surface area contributed by atoms with Crippen molar-refractivity contribution in [2.24, 2.45) is 0 Å². The molecule has 1 saturated carbocycles. The second-order valence-corrected chi connectivity index (χ2v) is 8.13. The first-order chi connectivity index (χ1) is 14.9. The molecule has 9 nitrogen and oxygen atoms in total. The minimum atomic E-state index is -1.24. The molecule has 0 unspecified atom stereocenters. The molecule has 0 spiro atoms. The molecule has 4 rings (SSSR count). The molecular weight excluding hydrogens is 400 g/mol. The summed E-state index contributed by atoms with van der Waals surface area (Å²) in [5.41, 5.74) is -0.425. The van der Waals surface area contributed by atoms with Crippen molar-refractivity contribution >= 4 is 23.5 Å². The zero-order chi connectivity index (χ0) is 22.2. The molecule has 0 bridgehead atoms. The first-order valence-corrected chi connectivity index (χ1v) is 10.3. The monoisotopic (exact) mass is 426 g/mol. The summed E-state index contributed by atoms with van der Waals surface area (Å²) in [4.78, 5) is 40.5.